The molecule has 1 aliphatic rings. The monoisotopic (exact) mass is 430 g/mol. The summed E-state index contributed by atoms with van der Waals surface area (Å²) in [6.07, 6.45) is -0.718. The van der Waals surface area contributed by atoms with Crippen LogP contribution < -0.4 is 10.1 Å². The third-order valence-electron chi connectivity index (χ3n) is 5.54. The predicted molar refractivity (Wildman–Crippen MR) is 114 cm³/mol. The van der Waals surface area contributed by atoms with Crippen molar-refractivity contribution in [3.05, 3.63) is 58.9 Å². The Morgan fingerprint density at radius 1 is 1.23 bits per heavy atom. The van der Waals surface area contributed by atoms with Gasteiger partial charge in [-0.2, -0.15) is 0 Å². The molecular formula is C23H27FN2O5. The van der Waals surface area contributed by atoms with Crippen LogP contribution in [0.1, 0.15) is 36.6 Å². The summed E-state index contributed by atoms with van der Waals surface area (Å²) >= 11 is 0. The Hall–Kier alpha value is -3.13. The maximum absolute atomic E-state index is 14.8. The van der Waals surface area contributed by atoms with Crippen LogP contribution in [0.4, 0.5) is 14.9 Å². The molecule has 8 heteroatoms. The molecule has 2 aromatic carbocycles. The molecule has 3 rings (SSSR count). The van der Waals surface area contributed by atoms with E-state index in [2.05, 4.69) is 5.32 Å². The minimum absolute atomic E-state index is 0.173. The second-order valence-electron chi connectivity index (χ2n) is 8.19. The molecule has 31 heavy (non-hydrogen) atoms. The fourth-order valence-corrected chi connectivity index (χ4v) is 4.01. The lowest BCUT2D eigenvalue weighted by Crippen LogP contribution is -2.44. The number of halogens is 1. The number of hydrogen-bond donors (Lipinski definition) is 2. The van der Waals surface area contributed by atoms with Gasteiger partial charge >= 0.3 is 6.09 Å². The number of nitrogens with one attached hydrogen (secondary N) is 1. The summed E-state index contributed by atoms with van der Waals surface area (Å²) in [7, 11) is 3.10. The second kappa shape index (κ2) is 8.93. The first-order valence-electron chi connectivity index (χ1n) is 9.94. The molecule has 0 aromatic heterocycles. The van der Waals surface area contributed by atoms with Gasteiger partial charge in [0.2, 0.25) is 0 Å². The van der Waals surface area contributed by atoms with Crippen molar-refractivity contribution in [1.29, 1.82) is 0 Å². The zero-order valence-electron chi connectivity index (χ0n) is 18.1. The Kier molecular flexibility index (Phi) is 6.50. The van der Waals surface area contributed by atoms with Crippen molar-refractivity contribution in [2.75, 3.05) is 32.7 Å². The van der Waals surface area contributed by atoms with E-state index in [9.17, 15) is 19.1 Å². The summed E-state index contributed by atoms with van der Waals surface area (Å²) in [5, 5.41) is 12.3. The number of amides is 2. The third kappa shape index (κ3) is 4.64. The van der Waals surface area contributed by atoms with Crippen molar-refractivity contribution in [3.8, 4) is 5.75 Å². The van der Waals surface area contributed by atoms with Gasteiger partial charge in [-0.1, -0.05) is 26.0 Å². The van der Waals surface area contributed by atoms with Crippen molar-refractivity contribution in [3.63, 3.8) is 0 Å². The van der Waals surface area contributed by atoms with Gasteiger partial charge in [-0.25, -0.2) is 9.18 Å². The molecule has 1 atom stereocenters. The van der Waals surface area contributed by atoms with Gasteiger partial charge in [-0.3, -0.25) is 9.69 Å². The standard InChI is InChI=1S/C23H27FN2O5/c1-23(2,13-30-3)18-8-5-15(12-19(18)24)25-21(27)20-17-7-6-16(31-4)11-14(17)9-10-26(20)22(28)29/h5-8,11-12,20H,9-10,13H2,1-4H3,(H,25,27)(H,28,29)/t20-/m1/s1. The van der Waals surface area contributed by atoms with E-state index in [1.54, 1.807) is 44.6 Å². The van der Waals surface area contributed by atoms with E-state index in [1.165, 1.54) is 6.07 Å². The van der Waals surface area contributed by atoms with Crippen LogP contribution in [0.15, 0.2) is 36.4 Å². The van der Waals surface area contributed by atoms with Crippen molar-refractivity contribution >= 4 is 17.7 Å². The number of rotatable bonds is 6. The average Bonchev–Trinajstić information content (AvgIpc) is 2.71. The van der Waals surface area contributed by atoms with Crippen molar-refractivity contribution in [1.82, 2.24) is 4.90 Å². The lowest BCUT2D eigenvalue weighted by atomic mass is 9.85. The van der Waals surface area contributed by atoms with Gasteiger partial charge in [0, 0.05) is 24.8 Å². The lowest BCUT2D eigenvalue weighted by Gasteiger charge is -2.34. The first-order valence-corrected chi connectivity index (χ1v) is 9.94. The van der Waals surface area contributed by atoms with Crippen LogP contribution in [0.5, 0.6) is 5.75 Å². The number of carboxylic acid groups (broad SMARTS) is 1. The zero-order valence-corrected chi connectivity index (χ0v) is 18.1. The van der Waals surface area contributed by atoms with Crippen LogP contribution in [0, 0.1) is 5.82 Å². The summed E-state index contributed by atoms with van der Waals surface area (Å²) in [5.41, 5.74) is 1.62. The number of hydrogen-bond acceptors (Lipinski definition) is 4. The van der Waals surface area contributed by atoms with Crippen molar-refractivity contribution < 1.29 is 28.6 Å². The summed E-state index contributed by atoms with van der Waals surface area (Å²) in [4.78, 5) is 26.0. The molecule has 0 spiro atoms. The van der Waals surface area contributed by atoms with Gasteiger partial charge in [-0.05, 0) is 47.4 Å². The van der Waals surface area contributed by atoms with Crippen LogP contribution >= 0.6 is 0 Å². The Balaban J connectivity index is 1.89. The Morgan fingerprint density at radius 3 is 2.58 bits per heavy atom. The first kappa shape index (κ1) is 22.6. The van der Waals surface area contributed by atoms with E-state index >= 15 is 0 Å². The number of benzene rings is 2. The van der Waals surface area contributed by atoms with Crippen LogP contribution in [0.3, 0.4) is 0 Å². The fourth-order valence-electron chi connectivity index (χ4n) is 4.01. The van der Waals surface area contributed by atoms with E-state index in [-0.39, 0.29) is 12.2 Å². The maximum Gasteiger partial charge on any atom is 0.408 e. The topological polar surface area (TPSA) is 88.1 Å². The van der Waals surface area contributed by atoms with Crippen molar-refractivity contribution in [2.45, 2.75) is 31.7 Å². The minimum atomic E-state index is -1.19. The molecule has 2 aromatic rings. The summed E-state index contributed by atoms with van der Waals surface area (Å²) in [5.74, 6) is -0.376. The highest BCUT2D eigenvalue weighted by molar-refractivity contribution is 5.97. The molecule has 1 aliphatic heterocycles. The van der Waals surface area contributed by atoms with Gasteiger partial charge in [0.05, 0.1) is 13.7 Å². The van der Waals surface area contributed by atoms with E-state index in [0.717, 1.165) is 10.5 Å². The van der Waals surface area contributed by atoms with E-state index in [0.29, 0.717) is 29.9 Å². The molecule has 0 saturated heterocycles. The molecule has 2 N–H and O–H groups in total. The van der Waals surface area contributed by atoms with E-state index < -0.39 is 29.3 Å². The minimum Gasteiger partial charge on any atom is -0.497 e. The molecule has 1 heterocycles. The molecule has 7 nitrogen and oxygen atoms in total. The van der Waals surface area contributed by atoms with Crippen LogP contribution in [-0.2, 0) is 21.4 Å². The highest BCUT2D eigenvalue weighted by Crippen LogP contribution is 2.34. The van der Waals surface area contributed by atoms with Crippen LogP contribution in [0.25, 0.3) is 0 Å². The molecule has 2 amide bonds. The molecule has 0 unspecified atom stereocenters. The summed E-state index contributed by atoms with van der Waals surface area (Å²) in [6.45, 7) is 4.24. The predicted octanol–water partition coefficient (Wildman–Crippen LogP) is 3.97. The Bertz CT molecular complexity index is 992. The van der Waals surface area contributed by atoms with E-state index in [1.807, 2.05) is 13.8 Å². The normalized spacial score (nSPS) is 15.9. The van der Waals surface area contributed by atoms with Gasteiger partial charge in [-0.15, -0.1) is 0 Å². The molecule has 0 saturated carbocycles. The van der Waals surface area contributed by atoms with E-state index in [4.69, 9.17) is 9.47 Å². The largest absolute Gasteiger partial charge is 0.497 e. The number of fused-ring (bicyclic) bond motifs is 1. The van der Waals surface area contributed by atoms with Crippen molar-refractivity contribution in [2.24, 2.45) is 0 Å². The Morgan fingerprint density at radius 2 is 1.97 bits per heavy atom. The molecule has 0 radical (unpaired) electrons. The maximum atomic E-state index is 14.8. The smallest absolute Gasteiger partial charge is 0.408 e. The number of carbonyl (C=O) groups is 2. The number of ether oxygens (including phenoxy) is 2. The average molecular weight is 430 g/mol. The van der Waals surface area contributed by atoms with Crippen LogP contribution in [-0.4, -0.2) is 49.4 Å². The number of nitrogens with zero attached hydrogens (tertiary/aromatic N) is 1. The summed E-state index contributed by atoms with van der Waals surface area (Å²) in [6, 6.07) is 8.62. The fraction of sp³-hybridized carbons (Fsp3) is 0.391. The lowest BCUT2D eigenvalue weighted by molar-refractivity contribution is -0.121. The highest BCUT2D eigenvalue weighted by atomic mass is 19.1. The third-order valence-corrected chi connectivity index (χ3v) is 5.54. The van der Waals surface area contributed by atoms with Crippen LogP contribution in [0.2, 0.25) is 0 Å². The SMILES string of the molecule is COCC(C)(C)c1ccc(NC(=O)[C@H]2c3ccc(OC)cc3CCN2C(=O)O)cc1F. The summed E-state index contributed by atoms with van der Waals surface area (Å²) < 4.78 is 25.2. The molecule has 0 aliphatic carbocycles. The molecule has 166 valence electrons. The second-order valence-corrected chi connectivity index (χ2v) is 8.19. The number of methoxy groups -OCH3 is 2. The number of carbonyl (C=O) groups excluding carboxylic acids is 1. The highest BCUT2D eigenvalue weighted by Gasteiger charge is 2.36. The molecule has 0 bridgehead atoms. The van der Waals surface area contributed by atoms with Gasteiger partial charge in [0.15, 0.2) is 0 Å². The molecular weight excluding hydrogens is 403 g/mol. The molecule has 0 fully saturated rings. The number of anilines is 1. The Labute approximate surface area is 180 Å². The van der Waals surface area contributed by atoms with Gasteiger partial charge in [0.1, 0.15) is 17.6 Å². The quantitative estimate of drug-likeness (QED) is 0.724. The zero-order chi connectivity index (χ0) is 22.8. The van der Waals surface area contributed by atoms with Gasteiger partial charge < -0.3 is 19.9 Å². The van der Waals surface area contributed by atoms with Gasteiger partial charge in [0.25, 0.3) is 5.91 Å². The first-order chi connectivity index (χ1) is 14.7.